The minimum Gasteiger partial charge on any atom is -0.506 e. The van der Waals surface area contributed by atoms with Gasteiger partial charge in [-0.15, -0.1) is 0 Å². The molecule has 0 radical (unpaired) electrons. The second-order valence-corrected chi connectivity index (χ2v) is 14.7. The van der Waals surface area contributed by atoms with Crippen molar-refractivity contribution < 1.29 is 34.4 Å². The van der Waals surface area contributed by atoms with Crippen molar-refractivity contribution in [3.63, 3.8) is 0 Å². The van der Waals surface area contributed by atoms with Gasteiger partial charge in [0, 0.05) is 48.8 Å². The van der Waals surface area contributed by atoms with E-state index in [0.29, 0.717) is 90.8 Å². The molecule has 0 unspecified atom stereocenters. The lowest BCUT2D eigenvalue weighted by Crippen LogP contribution is -2.54. The Morgan fingerprint density at radius 3 is 2.31 bits per heavy atom. The van der Waals surface area contributed by atoms with Crippen LogP contribution in [-0.4, -0.2) is 69.4 Å². The Bertz CT molecular complexity index is 2380. The zero-order chi connectivity index (χ0) is 40.5. The summed E-state index contributed by atoms with van der Waals surface area (Å²) < 4.78 is 11.9. The van der Waals surface area contributed by atoms with Crippen LogP contribution in [0.5, 0.6) is 11.5 Å². The van der Waals surface area contributed by atoms with E-state index in [1.165, 1.54) is 17.7 Å². The number of hydrogen-bond acceptors (Lipinski definition) is 9. The smallest absolute Gasteiger partial charge is 0.348 e. The quantitative estimate of drug-likeness (QED) is 0.0540. The van der Waals surface area contributed by atoms with Gasteiger partial charge in [0.1, 0.15) is 17.6 Å². The number of amides is 1. The van der Waals surface area contributed by atoms with Crippen LogP contribution in [-0.2, 0) is 28.1 Å². The highest BCUT2D eigenvalue weighted by Gasteiger charge is 2.44. The van der Waals surface area contributed by atoms with E-state index in [4.69, 9.17) is 9.47 Å². The second kappa shape index (κ2) is 18.3. The highest BCUT2D eigenvalue weighted by Crippen LogP contribution is 2.35. The van der Waals surface area contributed by atoms with Crippen LogP contribution in [0.15, 0.2) is 138 Å². The number of nitrogens with zero attached hydrogens (tertiary/aromatic N) is 1. The molecule has 11 nitrogen and oxygen atoms in total. The van der Waals surface area contributed by atoms with E-state index >= 15 is 0 Å². The minimum absolute atomic E-state index is 0.0474. The van der Waals surface area contributed by atoms with Gasteiger partial charge in [-0.05, 0) is 84.3 Å². The molecule has 5 N–H and O–H groups in total. The van der Waals surface area contributed by atoms with Crippen LogP contribution in [0.25, 0.3) is 10.9 Å². The van der Waals surface area contributed by atoms with Crippen molar-refractivity contribution in [3.05, 3.63) is 177 Å². The first-order valence-electron chi connectivity index (χ1n) is 19.6. The van der Waals surface area contributed by atoms with Crippen LogP contribution in [0, 0.1) is 0 Å². The predicted octanol–water partition coefficient (Wildman–Crippen LogP) is 6.15. The fourth-order valence-electron chi connectivity index (χ4n) is 7.29. The van der Waals surface area contributed by atoms with Crippen molar-refractivity contribution in [3.8, 4) is 11.5 Å². The maximum Gasteiger partial charge on any atom is 0.348 e. The van der Waals surface area contributed by atoms with E-state index in [0.717, 1.165) is 12.1 Å². The van der Waals surface area contributed by atoms with E-state index in [1.54, 1.807) is 72.8 Å². The summed E-state index contributed by atoms with van der Waals surface area (Å²) in [5.74, 6) is -0.523. The highest BCUT2D eigenvalue weighted by molar-refractivity contribution is 5.94. The molecule has 6 aromatic rings. The van der Waals surface area contributed by atoms with Gasteiger partial charge in [0.05, 0.1) is 18.2 Å². The fourth-order valence-corrected chi connectivity index (χ4v) is 7.29. The molecule has 1 aliphatic rings. The summed E-state index contributed by atoms with van der Waals surface area (Å²) in [5.41, 5.74) is 2.04. The van der Waals surface area contributed by atoms with Gasteiger partial charge < -0.3 is 35.1 Å². The maximum atomic E-state index is 13.7. The third-order valence-electron chi connectivity index (χ3n) is 10.5. The Hall–Kier alpha value is -6.27. The molecule has 11 heteroatoms. The molecule has 2 atom stereocenters. The lowest BCUT2D eigenvalue weighted by atomic mass is 9.86. The summed E-state index contributed by atoms with van der Waals surface area (Å²) in [7, 11) is 0. The normalized spacial score (nSPS) is 14.6. The Kier molecular flexibility index (Phi) is 12.6. The van der Waals surface area contributed by atoms with E-state index in [2.05, 4.69) is 27.3 Å². The summed E-state index contributed by atoms with van der Waals surface area (Å²) in [6, 6.07) is 39.2. The number of carbonyl (C=O) groups excluding carboxylic acids is 2. The Balaban J connectivity index is 0.863. The minimum atomic E-state index is -2.04. The first-order valence-corrected chi connectivity index (χ1v) is 19.6. The summed E-state index contributed by atoms with van der Waals surface area (Å²) >= 11 is 0. The zero-order valence-corrected chi connectivity index (χ0v) is 32.1. The molecule has 7 rings (SSSR count). The molecule has 0 aliphatic carbocycles. The lowest BCUT2D eigenvalue weighted by molar-refractivity contribution is -0.176. The Labute approximate surface area is 336 Å². The van der Waals surface area contributed by atoms with Crippen LogP contribution >= 0.6 is 0 Å². The number of rotatable bonds is 17. The van der Waals surface area contributed by atoms with Crippen LogP contribution < -0.4 is 15.6 Å². The van der Waals surface area contributed by atoms with Gasteiger partial charge in [-0.2, -0.15) is 0 Å². The van der Waals surface area contributed by atoms with Gasteiger partial charge in [-0.3, -0.25) is 14.5 Å². The number of aromatic hydroxyl groups is 1. The summed E-state index contributed by atoms with van der Waals surface area (Å²) in [6.07, 6.45) is 1.27. The molecular formula is C47H47N3O8. The number of aryl methyl sites for hydroxylation is 1. The van der Waals surface area contributed by atoms with E-state index in [-0.39, 0.29) is 23.3 Å². The first-order chi connectivity index (χ1) is 28.2. The number of H-pyrrole nitrogens is 1. The standard InChI is InChI=1S/C47H47N3O8/c51-41(39-22-24-42(52)44-40(39)23-25-43(53)49-44)17-7-12-32-18-20-34(21-19-32)45(54)48-26-9-27-57-37-16-8-15-36(28-37)47(56,35-13-5-2-6-14-35)46(55)58-38-30-50(31-38)29-33-10-3-1-4-11-33/h1-6,8,10-11,13-16,18-25,28,38,41,51-52,56H,7,9,12,17,26-27,29-31H2,(H,48,54)(H,49,53)/t41-,47-/m0/s1. The fraction of sp³-hybridized carbons (Fsp3) is 0.255. The number of aliphatic hydroxyl groups is 2. The largest absolute Gasteiger partial charge is 0.506 e. The van der Waals surface area contributed by atoms with E-state index in [1.807, 2.05) is 36.4 Å². The third-order valence-corrected chi connectivity index (χ3v) is 10.5. The number of benzene rings is 5. The number of fused-ring (bicyclic) bond motifs is 1. The molecule has 1 fully saturated rings. The number of esters is 1. The summed E-state index contributed by atoms with van der Waals surface area (Å²) in [4.78, 5) is 43.1. The number of likely N-dealkylation sites (tertiary alicyclic amines) is 1. The molecule has 0 spiro atoms. The number of ether oxygens (including phenoxy) is 2. The van der Waals surface area contributed by atoms with Gasteiger partial charge in [-0.1, -0.05) is 91.0 Å². The van der Waals surface area contributed by atoms with Crippen molar-refractivity contribution in [1.29, 1.82) is 0 Å². The molecular weight excluding hydrogens is 735 g/mol. The topological polar surface area (TPSA) is 161 Å². The number of carbonyl (C=O) groups is 2. The molecule has 5 aromatic carbocycles. The molecule has 1 saturated heterocycles. The number of phenolic OH excluding ortho intramolecular Hbond substituents is 1. The number of aliphatic hydroxyl groups excluding tert-OH is 1. The average molecular weight is 782 g/mol. The van der Waals surface area contributed by atoms with Crippen molar-refractivity contribution in [2.24, 2.45) is 0 Å². The van der Waals surface area contributed by atoms with Crippen LogP contribution in [0.3, 0.4) is 0 Å². The van der Waals surface area contributed by atoms with Gasteiger partial charge in [0.25, 0.3) is 5.91 Å². The van der Waals surface area contributed by atoms with Crippen molar-refractivity contribution >= 4 is 22.8 Å². The second-order valence-electron chi connectivity index (χ2n) is 14.7. The number of aromatic amines is 1. The predicted molar refractivity (Wildman–Crippen MR) is 221 cm³/mol. The van der Waals surface area contributed by atoms with Crippen LogP contribution in [0.1, 0.15) is 63.5 Å². The summed E-state index contributed by atoms with van der Waals surface area (Å²) in [6.45, 7) is 2.59. The molecule has 2 heterocycles. The number of pyridine rings is 1. The molecule has 0 saturated carbocycles. The van der Waals surface area contributed by atoms with Gasteiger partial charge in [0.15, 0.2) is 0 Å². The lowest BCUT2D eigenvalue weighted by Gasteiger charge is -2.40. The number of hydrogen-bond donors (Lipinski definition) is 5. The number of nitrogens with one attached hydrogen (secondary N) is 2. The Morgan fingerprint density at radius 2 is 1.55 bits per heavy atom. The summed E-state index contributed by atoms with van der Waals surface area (Å²) in [5, 5.41) is 36.6. The highest BCUT2D eigenvalue weighted by atomic mass is 16.6. The molecule has 1 aromatic heterocycles. The molecule has 58 heavy (non-hydrogen) atoms. The number of phenols is 1. The molecule has 1 amide bonds. The third kappa shape index (κ3) is 9.46. The Morgan fingerprint density at radius 1 is 0.828 bits per heavy atom. The SMILES string of the molecule is O=C(NCCCOc1cccc([C@](O)(C(=O)OC2CN(Cc3ccccc3)C2)c2ccccc2)c1)c1ccc(CCC[C@H](O)c2ccc(O)c3[nH]c(=O)ccc23)cc1. The maximum absolute atomic E-state index is 13.7. The van der Waals surface area contributed by atoms with Crippen LogP contribution in [0.2, 0.25) is 0 Å². The monoisotopic (exact) mass is 781 g/mol. The van der Waals surface area contributed by atoms with Crippen molar-refractivity contribution in [2.45, 2.75) is 50.0 Å². The molecule has 1 aliphatic heterocycles. The molecule has 0 bridgehead atoms. The average Bonchev–Trinajstić information content (AvgIpc) is 3.23. The van der Waals surface area contributed by atoms with Crippen LogP contribution in [0.4, 0.5) is 0 Å². The van der Waals surface area contributed by atoms with Gasteiger partial charge >= 0.3 is 5.97 Å². The number of aromatic nitrogens is 1. The van der Waals surface area contributed by atoms with Crippen molar-refractivity contribution in [2.75, 3.05) is 26.2 Å². The first kappa shape index (κ1) is 39.9. The van der Waals surface area contributed by atoms with E-state index in [9.17, 15) is 29.7 Å². The molecule has 298 valence electrons. The zero-order valence-electron chi connectivity index (χ0n) is 32.1. The van der Waals surface area contributed by atoms with Gasteiger partial charge in [-0.25, -0.2) is 4.79 Å². The van der Waals surface area contributed by atoms with Crippen molar-refractivity contribution in [1.82, 2.24) is 15.2 Å². The van der Waals surface area contributed by atoms with Gasteiger partial charge in [0.2, 0.25) is 11.2 Å². The van der Waals surface area contributed by atoms with E-state index < -0.39 is 17.7 Å².